The first-order valence-corrected chi connectivity index (χ1v) is 9.74. The number of benzene rings is 2. The molecule has 2 aromatic carbocycles. The fraction of sp³-hybridized carbons (Fsp3) is 0.318. The molecule has 1 fully saturated rings. The van der Waals surface area contributed by atoms with E-state index in [4.69, 9.17) is 17.0 Å². The van der Waals surface area contributed by atoms with Crippen LogP contribution in [-0.4, -0.2) is 17.6 Å². The molecule has 0 spiro atoms. The van der Waals surface area contributed by atoms with Crippen LogP contribution in [0.15, 0.2) is 48.5 Å². The van der Waals surface area contributed by atoms with Gasteiger partial charge in [0.1, 0.15) is 5.75 Å². The van der Waals surface area contributed by atoms with Gasteiger partial charge in [0.25, 0.3) is 5.91 Å². The van der Waals surface area contributed by atoms with Gasteiger partial charge in [0.2, 0.25) is 0 Å². The van der Waals surface area contributed by atoms with Gasteiger partial charge >= 0.3 is 0 Å². The number of nitrogens with zero attached hydrogens (tertiary/aromatic N) is 1. The number of nitrogens with one attached hydrogen (secondary N) is 2. The van der Waals surface area contributed by atoms with Crippen LogP contribution in [0.2, 0.25) is 0 Å². The Hall–Kier alpha value is -2.91. The highest BCUT2D eigenvalue weighted by molar-refractivity contribution is 7.80. The van der Waals surface area contributed by atoms with Crippen molar-refractivity contribution in [2.45, 2.75) is 38.0 Å². The molecule has 6 heteroatoms. The van der Waals surface area contributed by atoms with Crippen LogP contribution in [0.5, 0.6) is 5.75 Å². The Bertz CT molecular complexity index is 897. The van der Waals surface area contributed by atoms with Crippen LogP contribution in [0.4, 0.5) is 5.69 Å². The van der Waals surface area contributed by atoms with Crippen LogP contribution in [0.25, 0.3) is 0 Å². The van der Waals surface area contributed by atoms with Crippen molar-refractivity contribution in [1.29, 1.82) is 5.26 Å². The maximum Gasteiger partial charge on any atom is 0.264 e. The Labute approximate surface area is 170 Å². The van der Waals surface area contributed by atoms with Crippen molar-refractivity contribution in [3.05, 3.63) is 59.7 Å². The fourth-order valence-electron chi connectivity index (χ4n) is 3.50. The number of nitriles is 1. The quantitative estimate of drug-likeness (QED) is 0.744. The zero-order chi connectivity index (χ0) is 20.0. The van der Waals surface area contributed by atoms with Crippen molar-refractivity contribution in [2.75, 3.05) is 11.9 Å². The first kappa shape index (κ1) is 19.8. The Morgan fingerprint density at radius 3 is 2.50 bits per heavy atom. The minimum absolute atomic E-state index is 0.115. The number of hydrogen-bond acceptors (Lipinski definition) is 4. The zero-order valence-corrected chi connectivity index (χ0v) is 16.6. The molecule has 0 aliphatic heterocycles. The molecule has 5 nitrogen and oxygen atoms in total. The van der Waals surface area contributed by atoms with Gasteiger partial charge in [-0.15, -0.1) is 0 Å². The normalized spacial score (nSPS) is 14.7. The van der Waals surface area contributed by atoms with Gasteiger partial charge in [-0.1, -0.05) is 43.2 Å². The summed E-state index contributed by atoms with van der Waals surface area (Å²) in [4.78, 5) is 12.0. The van der Waals surface area contributed by atoms with E-state index in [1.165, 1.54) is 0 Å². The van der Waals surface area contributed by atoms with E-state index < -0.39 is 0 Å². The van der Waals surface area contributed by atoms with E-state index in [0.29, 0.717) is 5.75 Å². The third kappa shape index (κ3) is 4.68. The molecule has 1 aliphatic rings. The van der Waals surface area contributed by atoms with Gasteiger partial charge in [0.15, 0.2) is 11.7 Å². The first-order chi connectivity index (χ1) is 13.5. The number of hydrogen-bond donors (Lipinski definition) is 2. The number of carbonyl (C=O) groups is 1. The SMILES string of the molecule is Cc1ccccc1OCC(=O)NC(=S)Nc1ccc(C2(C#N)CCCC2)cc1. The molecule has 28 heavy (non-hydrogen) atoms. The van der Waals surface area contributed by atoms with Crippen LogP contribution in [0.1, 0.15) is 36.8 Å². The van der Waals surface area contributed by atoms with E-state index in [1.54, 1.807) is 0 Å². The van der Waals surface area contributed by atoms with E-state index in [2.05, 4.69) is 16.7 Å². The van der Waals surface area contributed by atoms with Crippen LogP contribution < -0.4 is 15.4 Å². The number of anilines is 1. The molecule has 0 heterocycles. The Morgan fingerprint density at radius 1 is 1.18 bits per heavy atom. The Balaban J connectivity index is 1.51. The van der Waals surface area contributed by atoms with Crippen molar-refractivity contribution in [2.24, 2.45) is 0 Å². The molecule has 2 N–H and O–H groups in total. The van der Waals surface area contributed by atoms with Crippen molar-refractivity contribution in [3.8, 4) is 11.8 Å². The van der Waals surface area contributed by atoms with E-state index >= 15 is 0 Å². The molecule has 2 aromatic rings. The highest BCUT2D eigenvalue weighted by Crippen LogP contribution is 2.40. The van der Waals surface area contributed by atoms with E-state index in [0.717, 1.165) is 42.5 Å². The highest BCUT2D eigenvalue weighted by atomic mass is 32.1. The molecular weight excluding hydrogens is 370 g/mol. The maximum absolute atomic E-state index is 12.0. The van der Waals surface area contributed by atoms with Crippen LogP contribution in [-0.2, 0) is 10.2 Å². The third-order valence-electron chi connectivity index (χ3n) is 5.07. The fourth-order valence-corrected chi connectivity index (χ4v) is 3.73. The average molecular weight is 394 g/mol. The van der Waals surface area contributed by atoms with E-state index in [-0.39, 0.29) is 23.0 Å². The van der Waals surface area contributed by atoms with E-state index in [9.17, 15) is 10.1 Å². The van der Waals surface area contributed by atoms with E-state index in [1.807, 2.05) is 55.5 Å². The van der Waals surface area contributed by atoms with Gasteiger partial charge in [-0.2, -0.15) is 5.26 Å². The maximum atomic E-state index is 12.0. The lowest BCUT2D eigenvalue weighted by Gasteiger charge is -2.21. The summed E-state index contributed by atoms with van der Waals surface area (Å²) in [5.41, 5.74) is 2.41. The molecule has 3 rings (SSSR count). The van der Waals surface area contributed by atoms with Crippen LogP contribution in [0.3, 0.4) is 0 Å². The average Bonchev–Trinajstić information content (AvgIpc) is 3.18. The molecule has 1 amide bonds. The molecule has 0 bridgehead atoms. The standard InChI is InChI=1S/C22H23N3O2S/c1-16-6-2-3-7-19(16)27-14-20(26)25-21(28)24-18-10-8-17(9-11-18)22(15-23)12-4-5-13-22/h2-3,6-11H,4-5,12-14H2,1H3,(H2,24,25,26,28). The van der Waals surface area contributed by atoms with Crippen molar-refractivity contribution in [3.63, 3.8) is 0 Å². The van der Waals surface area contributed by atoms with Crippen molar-refractivity contribution >= 4 is 28.9 Å². The zero-order valence-electron chi connectivity index (χ0n) is 15.8. The lowest BCUT2D eigenvalue weighted by Crippen LogP contribution is -2.37. The summed E-state index contributed by atoms with van der Waals surface area (Å²) < 4.78 is 5.52. The molecule has 0 unspecified atom stereocenters. The number of carbonyl (C=O) groups excluding carboxylic acids is 1. The second-order valence-corrected chi connectivity index (χ2v) is 7.44. The molecule has 1 aliphatic carbocycles. The van der Waals surface area contributed by atoms with Gasteiger partial charge < -0.3 is 10.1 Å². The van der Waals surface area contributed by atoms with Gasteiger partial charge in [0.05, 0.1) is 11.5 Å². The summed E-state index contributed by atoms with van der Waals surface area (Å²) in [5.74, 6) is 0.345. The van der Waals surface area contributed by atoms with Crippen molar-refractivity contribution in [1.82, 2.24) is 5.32 Å². The minimum atomic E-state index is -0.361. The molecular formula is C22H23N3O2S. The molecule has 0 aromatic heterocycles. The summed E-state index contributed by atoms with van der Waals surface area (Å²) in [7, 11) is 0. The molecule has 144 valence electrons. The van der Waals surface area contributed by atoms with Crippen LogP contribution in [0, 0.1) is 18.3 Å². The summed E-state index contributed by atoms with van der Waals surface area (Å²) in [5, 5.41) is 15.4. The monoisotopic (exact) mass is 393 g/mol. The van der Waals surface area contributed by atoms with Crippen molar-refractivity contribution < 1.29 is 9.53 Å². The second-order valence-electron chi connectivity index (χ2n) is 7.03. The number of aryl methyl sites for hydroxylation is 1. The molecule has 0 saturated heterocycles. The van der Waals surface area contributed by atoms with Gasteiger partial charge in [-0.05, 0) is 61.3 Å². The summed E-state index contributed by atoms with van der Waals surface area (Å²) in [6.45, 7) is 1.81. The smallest absolute Gasteiger partial charge is 0.264 e. The minimum Gasteiger partial charge on any atom is -0.483 e. The topological polar surface area (TPSA) is 74.2 Å². The number of para-hydroxylation sites is 1. The lowest BCUT2D eigenvalue weighted by molar-refractivity contribution is -0.121. The number of thiocarbonyl (C=S) groups is 1. The second kappa shape index (κ2) is 8.85. The van der Waals surface area contributed by atoms with Gasteiger partial charge in [0, 0.05) is 5.69 Å². The molecule has 1 saturated carbocycles. The Kier molecular flexibility index (Phi) is 6.27. The summed E-state index contributed by atoms with van der Waals surface area (Å²) in [6.07, 6.45) is 4.00. The Morgan fingerprint density at radius 2 is 1.86 bits per heavy atom. The predicted molar refractivity (Wildman–Crippen MR) is 113 cm³/mol. The largest absolute Gasteiger partial charge is 0.483 e. The molecule has 0 atom stereocenters. The van der Waals surface area contributed by atoms with Gasteiger partial charge in [-0.3, -0.25) is 10.1 Å². The number of amides is 1. The predicted octanol–water partition coefficient (Wildman–Crippen LogP) is 4.22. The summed E-state index contributed by atoms with van der Waals surface area (Å²) in [6, 6.07) is 17.7. The highest BCUT2D eigenvalue weighted by Gasteiger charge is 2.35. The number of ether oxygens (including phenoxy) is 1. The number of rotatable bonds is 5. The van der Waals surface area contributed by atoms with Gasteiger partial charge in [-0.25, -0.2) is 0 Å². The van der Waals surface area contributed by atoms with Crippen LogP contribution >= 0.6 is 12.2 Å². The first-order valence-electron chi connectivity index (χ1n) is 9.33. The lowest BCUT2D eigenvalue weighted by atomic mass is 9.80. The molecule has 0 radical (unpaired) electrons. The summed E-state index contributed by atoms with van der Waals surface area (Å²) >= 11 is 5.20. The third-order valence-corrected chi connectivity index (χ3v) is 5.28.